The molecule has 2 aromatic carbocycles. The van der Waals surface area contributed by atoms with Gasteiger partial charge in [-0.2, -0.15) is 5.10 Å². The third-order valence-electron chi connectivity index (χ3n) is 4.38. The SMILES string of the molecule is O=C(Nc1ccn(Cc2ccc(Cl)c(Cl)c2)n1)c1cc(COc2ccc(F)cc2F)cs1. The first-order valence-electron chi connectivity index (χ1n) is 9.31. The normalized spacial score (nSPS) is 10.9. The van der Waals surface area contributed by atoms with Crippen molar-refractivity contribution >= 4 is 46.3 Å². The van der Waals surface area contributed by atoms with Gasteiger partial charge in [-0.1, -0.05) is 29.3 Å². The van der Waals surface area contributed by atoms with Crippen molar-refractivity contribution in [1.82, 2.24) is 9.78 Å². The fraction of sp³-hybridized carbons (Fsp3) is 0.0909. The predicted molar refractivity (Wildman–Crippen MR) is 121 cm³/mol. The smallest absolute Gasteiger partial charge is 0.266 e. The minimum absolute atomic E-state index is 0.0462. The molecule has 0 spiro atoms. The number of ether oxygens (including phenoxy) is 1. The summed E-state index contributed by atoms with van der Waals surface area (Å²) >= 11 is 13.2. The lowest BCUT2D eigenvalue weighted by Crippen LogP contribution is -2.11. The zero-order valence-corrected chi connectivity index (χ0v) is 18.6. The number of nitrogens with zero attached hydrogens (tertiary/aromatic N) is 2. The standard InChI is InChI=1S/C22H15Cl2F2N3O2S/c23-16-3-1-13(7-17(16)24)10-29-6-5-21(28-29)27-22(30)20-8-14(12-32-20)11-31-19-4-2-15(25)9-18(19)26/h1-9,12H,10-11H2,(H,27,28,30). The summed E-state index contributed by atoms with van der Waals surface area (Å²) < 4.78 is 33.7. The molecule has 0 aliphatic heterocycles. The van der Waals surface area contributed by atoms with Crippen LogP contribution >= 0.6 is 34.5 Å². The highest BCUT2D eigenvalue weighted by Gasteiger charge is 2.13. The number of carbonyl (C=O) groups excluding carboxylic acids is 1. The summed E-state index contributed by atoms with van der Waals surface area (Å²) in [5, 5.41) is 9.75. The third-order valence-corrected chi connectivity index (χ3v) is 6.09. The van der Waals surface area contributed by atoms with Gasteiger partial charge in [-0.05, 0) is 41.3 Å². The molecule has 0 bridgehead atoms. The van der Waals surface area contributed by atoms with Crippen LogP contribution in [-0.4, -0.2) is 15.7 Å². The summed E-state index contributed by atoms with van der Waals surface area (Å²) in [6, 6.07) is 11.7. The summed E-state index contributed by atoms with van der Waals surface area (Å²) in [6.07, 6.45) is 1.74. The second-order valence-electron chi connectivity index (χ2n) is 6.78. The van der Waals surface area contributed by atoms with Crippen molar-refractivity contribution < 1.29 is 18.3 Å². The molecule has 0 aliphatic rings. The molecule has 10 heteroatoms. The molecule has 32 heavy (non-hydrogen) atoms. The van der Waals surface area contributed by atoms with E-state index in [-0.39, 0.29) is 18.3 Å². The van der Waals surface area contributed by atoms with Gasteiger partial charge < -0.3 is 10.1 Å². The topological polar surface area (TPSA) is 56.2 Å². The summed E-state index contributed by atoms with van der Waals surface area (Å²) in [5.74, 6) is -1.45. The van der Waals surface area contributed by atoms with E-state index in [0.29, 0.717) is 32.8 Å². The molecule has 0 unspecified atom stereocenters. The Hall–Kier alpha value is -2.94. The van der Waals surface area contributed by atoms with Crippen molar-refractivity contribution in [2.45, 2.75) is 13.2 Å². The van der Waals surface area contributed by atoms with Crippen LogP contribution in [0, 0.1) is 11.6 Å². The molecule has 0 atom stereocenters. The van der Waals surface area contributed by atoms with Crippen LogP contribution in [0.2, 0.25) is 10.0 Å². The second-order valence-corrected chi connectivity index (χ2v) is 8.51. The molecular formula is C22H15Cl2F2N3O2S. The molecule has 2 aromatic heterocycles. The summed E-state index contributed by atoms with van der Waals surface area (Å²) in [6.45, 7) is 0.512. The molecule has 2 heterocycles. The molecule has 4 rings (SSSR count). The van der Waals surface area contributed by atoms with Crippen molar-refractivity contribution in [3.8, 4) is 5.75 Å². The number of halogens is 4. The average molecular weight is 494 g/mol. The highest BCUT2D eigenvalue weighted by Crippen LogP contribution is 2.24. The van der Waals surface area contributed by atoms with E-state index < -0.39 is 11.6 Å². The molecule has 1 N–H and O–H groups in total. The van der Waals surface area contributed by atoms with Gasteiger partial charge in [0.2, 0.25) is 0 Å². The van der Waals surface area contributed by atoms with E-state index in [1.54, 1.807) is 40.5 Å². The highest BCUT2D eigenvalue weighted by molar-refractivity contribution is 7.12. The Kier molecular flexibility index (Phi) is 6.74. The first-order chi connectivity index (χ1) is 15.4. The van der Waals surface area contributed by atoms with Gasteiger partial charge in [-0.3, -0.25) is 9.48 Å². The van der Waals surface area contributed by atoms with Crippen LogP contribution in [0.5, 0.6) is 5.75 Å². The predicted octanol–water partition coefficient (Wildman–Crippen LogP) is 6.41. The number of carbonyl (C=O) groups is 1. The summed E-state index contributed by atoms with van der Waals surface area (Å²) in [4.78, 5) is 13.0. The van der Waals surface area contributed by atoms with E-state index in [2.05, 4.69) is 10.4 Å². The van der Waals surface area contributed by atoms with E-state index in [1.165, 1.54) is 17.4 Å². The van der Waals surface area contributed by atoms with E-state index in [9.17, 15) is 13.6 Å². The molecule has 4 aromatic rings. The van der Waals surface area contributed by atoms with Crippen LogP contribution < -0.4 is 10.1 Å². The fourth-order valence-corrected chi connectivity index (χ4v) is 3.96. The number of hydrogen-bond donors (Lipinski definition) is 1. The van der Waals surface area contributed by atoms with E-state index in [1.807, 2.05) is 6.07 Å². The van der Waals surface area contributed by atoms with Crippen LogP contribution in [0.4, 0.5) is 14.6 Å². The Balaban J connectivity index is 1.34. The van der Waals surface area contributed by atoms with Gasteiger partial charge >= 0.3 is 0 Å². The molecular weight excluding hydrogens is 479 g/mol. The van der Waals surface area contributed by atoms with Crippen LogP contribution in [0.3, 0.4) is 0 Å². The van der Waals surface area contributed by atoms with Crippen LogP contribution in [0.1, 0.15) is 20.8 Å². The average Bonchev–Trinajstić information content (AvgIpc) is 3.40. The van der Waals surface area contributed by atoms with Crippen molar-refractivity contribution in [2.24, 2.45) is 0 Å². The number of amides is 1. The second kappa shape index (κ2) is 9.68. The van der Waals surface area contributed by atoms with Crippen molar-refractivity contribution in [3.05, 3.63) is 97.8 Å². The number of aromatic nitrogens is 2. The van der Waals surface area contributed by atoms with Crippen LogP contribution in [0.15, 0.2) is 60.1 Å². The molecule has 0 aliphatic carbocycles. The molecule has 164 valence electrons. The van der Waals surface area contributed by atoms with Gasteiger partial charge in [-0.25, -0.2) is 8.78 Å². The molecule has 0 saturated heterocycles. The highest BCUT2D eigenvalue weighted by atomic mass is 35.5. The Labute approximate surface area is 196 Å². The van der Waals surface area contributed by atoms with Gasteiger partial charge in [0.1, 0.15) is 12.4 Å². The minimum Gasteiger partial charge on any atom is -0.486 e. The maximum Gasteiger partial charge on any atom is 0.266 e. The zero-order valence-electron chi connectivity index (χ0n) is 16.3. The number of rotatable bonds is 7. The van der Waals surface area contributed by atoms with Gasteiger partial charge in [0, 0.05) is 23.9 Å². The monoisotopic (exact) mass is 493 g/mol. The number of nitrogens with one attached hydrogen (secondary N) is 1. The molecule has 0 fully saturated rings. The van der Waals surface area contributed by atoms with Gasteiger partial charge in [0.05, 0.1) is 21.5 Å². The van der Waals surface area contributed by atoms with Crippen LogP contribution in [-0.2, 0) is 13.2 Å². The molecule has 0 radical (unpaired) electrons. The Morgan fingerprint density at radius 1 is 1.06 bits per heavy atom. The Bertz CT molecular complexity index is 1280. The lowest BCUT2D eigenvalue weighted by Gasteiger charge is -2.05. The van der Waals surface area contributed by atoms with Crippen molar-refractivity contribution in [3.63, 3.8) is 0 Å². The zero-order chi connectivity index (χ0) is 22.7. The van der Waals surface area contributed by atoms with Crippen LogP contribution in [0.25, 0.3) is 0 Å². The van der Waals surface area contributed by atoms with Gasteiger partial charge in [0.25, 0.3) is 5.91 Å². The first kappa shape index (κ1) is 22.3. The van der Waals surface area contributed by atoms with E-state index in [4.69, 9.17) is 27.9 Å². The summed E-state index contributed by atoms with van der Waals surface area (Å²) in [5.41, 5.74) is 1.61. The van der Waals surface area contributed by atoms with Crippen molar-refractivity contribution in [1.29, 1.82) is 0 Å². The van der Waals surface area contributed by atoms with Crippen molar-refractivity contribution in [2.75, 3.05) is 5.32 Å². The lowest BCUT2D eigenvalue weighted by atomic mass is 10.2. The van der Waals surface area contributed by atoms with Gasteiger partial charge in [-0.15, -0.1) is 11.3 Å². The maximum absolute atomic E-state index is 13.7. The van der Waals surface area contributed by atoms with E-state index in [0.717, 1.165) is 17.7 Å². The molecule has 5 nitrogen and oxygen atoms in total. The maximum atomic E-state index is 13.7. The lowest BCUT2D eigenvalue weighted by molar-refractivity contribution is 0.103. The first-order valence-corrected chi connectivity index (χ1v) is 10.9. The molecule has 1 amide bonds. The number of benzene rings is 2. The van der Waals surface area contributed by atoms with E-state index >= 15 is 0 Å². The summed E-state index contributed by atoms with van der Waals surface area (Å²) in [7, 11) is 0. The number of thiophene rings is 1. The quantitative estimate of drug-likeness (QED) is 0.323. The van der Waals surface area contributed by atoms with Gasteiger partial charge in [0.15, 0.2) is 17.4 Å². The largest absolute Gasteiger partial charge is 0.486 e. The third kappa shape index (κ3) is 5.45. The Morgan fingerprint density at radius 2 is 1.91 bits per heavy atom. The number of anilines is 1. The molecule has 0 saturated carbocycles. The Morgan fingerprint density at radius 3 is 2.69 bits per heavy atom. The number of hydrogen-bond acceptors (Lipinski definition) is 4. The minimum atomic E-state index is -0.783. The fourth-order valence-electron chi connectivity index (χ4n) is 2.84.